The molecule has 0 saturated carbocycles. The summed E-state index contributed by atoms with van der Waals surface area (Å²) in [5.74, 6) is 0.573. The molecule has 0 unspecified atom stereocenters. The van der Waals surface area contributed by atoms with Crippen molar-refractivity contribution in [1.29, 1.82) is 0 Å². The topological polar surface area (TPSA) is 79.5 Å². The van der Waals surface area contributed by atoms with E-state index >= 15 is 0 Å². The largest absolute Gasteiger partial charge is 0.424 e. The minimum atomic E-state index is -3.67. The molecule has 1 aromatic heterocycles. The average molecular weight is 354 g/mol. The molecule has 0 atom stereocenters. The second-order valence-electron chi connectivity index (χ2n) is 5.58. The van der Waals surface area contributed by atoms with E-state index in [1.54, 1.807) is 0 Å². The van der Waals surface area contributed by atoms with Crippen LogP contribution < -0.4 is 0 Å². The molecule has 2 heterocycles. The molecular weight excluding hydrogens is 335 g/mol. The Bertz CT molecular complexity index is 801. The van der Waals surface area contributed by atoms with Crippen LogP contribution >= 0.6 is 0 Å². The van der Waals surface area contributed by atoms with Crippen LogP contribution in [0.25, 0.3) is 0 Å². The lowest BCUT2D eigenvalue weighted by molar-refractivity contribution is 0.167. The summed E-state index contributed by atoms with van der Waals surface area (Å²) in [4.78, 5) is 2.05. The molecule has 0 radical (unpaired) electrons. The third-order valence-electron chi connectivity index (χ3n) is 3.94. The van der Waals surface area contributed by atoms with E-state index in [0.29, 0.717) is 50.9 Å². The summed E-state index contributed by atoms with van der Waals surface area (Å²) < 4.78 is 45.2. The van der Waals surface area contributed by atoms with Crippen LogP contribution in [0, 0.1) is 5.82 Å². The van der Waals surface area contributed by atoms with Gasteiger partial charge in [-0.3, -0.25) is 4.90 Å². The quantitative estimate of drug-likeness (QED) is 0.805. The van der Waals surface area contributed by atoms with Gasteiger partial charge in [0.15, 0.2) is 0 Å². The van der Waals surface area contributed by atoms with Crippen LogP contribution in [-0.2, 0) is 23.0 Å². The predicted molar refractivity (Wildman–Crippen MR) is 84.1 cm³/mol. The van der Waals surface area contributed by atoms with E-state index in [1.807, 2.05) is 6.92 Å². The molecule has 1 saturated heterocycles. The van der Waals surface area contributed by atoms with Gasteiger partial charge in [0.05, 0.1) is 11.4 Å². The van der Waals surface area contributed by atoms with E-state index in [4.69, 9.17) is 4.42 Å². The Hall–Kier alpha value is -1.84. The van der Waals surface area contributed by atoms with E-state index < -0.39 is 15.8 Å². The molecule has 1 fully saturated rings. The van der Waals surface area contributed by atoms with E-state index in [0.717, 1.165) is 6.07 Å². The highest BCUT2D eigenvalue weighted by Crippen LogP contribution is 2.19. The van der Waals surface area contributed by atoms with Crippen molar-refractivity contribution in [1.82, 2.24) is 19.4 Å². The minimum Gasteiger partial charge on any atom is -0.424 e. The van der Waals surface area contributed by atoms with Crippen LogP contribution in [0.1, 0.15) is 18.7 Å². The number of sulfonamides is 1. The molecule has 0 N–H and O–H groups in total. The van der Waals surface area contributed by atoms with Gasteiger partial charge in [0.1, 0.15) is 5.82 Å². The summed E-state index contributed by atoms with van der Waals surface area (Å²) in [6, 6.07) is 5.09. The van der Waals surface area contributed by atoms with Gasteiger partial charge in [0.2, 0.25) is 21.8 Å². The van der Waals surface area contributed by atoms with Gasteiger partial charge in [-0.2, -0.15) is 4.31 Å². The lowest BCUT2D eigenvalue weighted by Crippen LogP contribution is -2.48. The van der Waals surface area contributed by atoms with Gasteiger partial charge in [0.25, 0.3) is 0 Å². The predicted octanol–water partition coefficient (Wildman–Crippen LogP) is 1.28. The lowest BCUT2D eigenvalue weighted by atomic mass is 10.3. The molecule has 0 bridgehead atoms. The van der Waals surface area contributed by atoms with Gasteiger partial charge in [-0.1, -0.05) is 13.0 Å². The van der Waals surface area contributed by atoms with Crippen LogP contribution in [0.4, 0.5) is 4.39 Å². The van der Waals surface area contributed by atoms with Gasteiger partial charge in [0, 0.05) is 32.6 Å². The smallest absolute Gasteiger partial charge is 0.243 e. The highest BCUT2D eigenvalue weighted by Gasteiger charge is 2.29. The van der Waals surface area contributed by atoms with Gasteiger partial charge in [-0.15, -0.1) is 10.2 Å². The van der Waals surface area contributed by atoms with Crippen molar-refractivity contribution in [2.75, 3.05) is 26.2 Å². The average Bonchev–Trinajstić information content (AvgIpc) is 3.03. The molecule has 130 valence electrons. The maximum Gasteiger partial charge on any atom is 0.243 e. The van der Waals surface area contributed by atoms with E-state index in [2.05, 4.69) is 15.1 Å². The second kappa shape index (κ2) is 6.96. The van der Waals surface area contributed by atoms with Crippen LogP contribution in [0.5, 0.6) is 0 Å². The molecule has 0 amide bonds. The molecule has 0 aliphatic carbocycles. The summed E-state index contributed by atoms with van der Waals surface area (Å²) in [5.41, 5.74) is 0. The molecule has 1 aliphatic heterocycles. The van der Waals surface area contributed by atoms with Crippen LogP contribution in [0.3, 0.4) is 0 Å². The standard InChI is InChI=1S/C15H19FN4O3S/c1-2-14-17-18-15(23-14)11-19-6-8-20(9-7-19)24(21,22)13-5-3-4-12(16)10-13/h3-5,10H,2,6-9,11H2,1H3. The Morgan fingerprint density at radius 2 is 1.88 bits per heavy atom. The van der Waals surface area contributed by atoms with Gasteiger partial charge < -0.3 is 4.42 Å². The molecule has 1 aromatic carbocycles. The Morgan fingerprint density at radius 1 is 1.17 bits per heavy atom. The van der Waals surface area contributed by atoms with Gasteiger partial charge in [-0.05, 0) is 18.2 Å². The first-order valence-electron chi connectivity index (χ1n) is 7.78. The number of halogens is 1. The first kappa shape index (κ1) is 17.0. The maximum absolute atomic E-state index is 13.3. The monoisotopic (exact) mass is 354 g/mol. The lowest BCUT2D eigenvalue weighted by Gasteiger charge is -2.33. The minimum absolute atomic E-state index is 0.0135. The molecule has 9 heteroatoms. The number of aromatic nitrogens is 2. The zero-order valence-electron chi connectivity index (χ0n) is 13.4. The number of hydrogen-bond donors (Lipinski definition) is 0. The van der Waals surface area contributed by atoms with Crippen LogP contribution in [-0.4, -0.2) is 54.0 Å². The number of benzene rings is 1. The molecule has 1 aliphatic rings. The van der Waals surface area contributed by atoms with Crippen LogP contribution in [0.2, 0.25) is 0 Å². The molecule has 0 spiro atoms. The number of piperazine rings is 1. The van der Waals surface area contributed by atoms with Crippen molar-refractivity contribution in [3.05, 3.63) is 41.9 Å². The number of rotatable bonds is 5. The molecule has 2 aromatic rings. The molecular formula is C15H19FN4O3S. The Labute approximate surface area is 140 Å². The van der Waals surface area contributed by atoms with Crippen molar-refractivity contribution < 1.29 is 17.2 Å². The number of hydrogen-bond acceptors (Lipinski definition) is 6. The summed E-state index contributed by atoms with van der Waals surface area (Å²) in [5, 5.41) is 7.89. The van der Waals surface area contributed by atoms with Gasteiger partial charge >= 0.3 is 0 Å². The fraction of sp³-hybridized carbons (Fsp3) is 0.467. The van der Waals surface area contributed by atoms with Crippen LogP contribution in [0.15, 0.2) is 33.6 Å². The van der Waals surface area contributed by atoms with Crippen molar-refractivity contribution in [2.24, 2.45) is 0 Å². The zero-order valence-corrected chi connectivity index (χ0v) is 14.2. The third-order valence-corrected chi connectivity index (χ3v) is 5.83. The first-order chi connectivity index (χ1) is 11.5. The van der Waals surface area contributed by atoms with Crippen molar-refractivity contribution in [3.8, 4) is 0 Å². The third kappa shape index (κ3) is 3.63. The van der Waals surface area contributed by atoms with Crippen molar-refractivity contribution in [3.63, 3.8) is 0 Å². The van der Waals surface area contributed by atoms with E-state index in [1.165, 1.54) is 22.5 Å². The maximum atomic E-state index is 13.3. The SMILES string of the molecule is CCc1nnc(CN2CCN(S(=O)(=O)c3cccc(F)c3)CC2)o1. The van der Waals surface area contributed by atoms with E-state index in [-0.39, 0.29) is 4.90 Å². The number of aryl methyl sites for hydroxylation is 1. The molecule has 3 rings (SSSR count). The van der Waals surface area contributed by atoms with Crippen molar-refractivity contribution in [2.45, 2.75) is 24.8 Å². The summed E-state index contributed by atoms with van der Waals surface area (Å²) in [6.07, 6.45) is 0.687. The first-order valence-corrected chi connectivity index (χ1v) is 9.22. The fourth-order valence-electron chi connectivity index (χ4n) is 2.59. The highest BCUT2D eigenvalue weighted by molar-refractivity contribution is 7.89. The number of nitrogens with zero attached hydrogens (tertiary/aromatic N) is 4. The molecule has 7 nitrogen and oxygen atoms in total. The Morgan fingerprint density at radius 3 is 2.50 bits per heavy atom. The second-order valence-corrected chi connectivity index (χ2v) is 7.52. The summed E-state index contributed by atoms with van der Waals surface area (Å²) in [6.45, 7) is 4.23. The normalized spacial score (nSPS) is 17.2. The molecule has 24 heavy (non-hydrogen) atoms. The van der Waals surface area contributed by atoms with Gasteiger partial charge in [-0.25, -0.2) is 12.8 Å². The summed E-state index contributed by atoms with van der Waals surface area (Å²) >= 11 is 0. The van der Waals surface area contributed by atoms with Crippen molar-refractivity contribution >= 4 is 10.0 Å². The van der Waals surface area contributed by atoms with E-state index in [9.17, 15) is 12.8 Å². The summed E-state index contributed by atoms with van der Waals surface area (Å²) in [7, 11) is -3.67. The Balaban J connectivity index is 1.62. The Kier molecular flexibility index (Phi) is 4.93. The highest BCUT2D eigenvalue weighted by atomic mass is 32.2. The zero-order chi connectivity index (χ0) is 17.2. The fourth-order valence-corrected chi connectivity index (χ4v) is 4.05.